The molecular weight excluding hydrogens is 446 g/mol. The summed E-state index contributed by atoms with van der Waals surface area (Å²) in [4.78, 5) is 25.1. The quantitative estimate of drug-likeness (QED) is 0.243. The van der Waals surface area contributed by atoms with Crippen molar-refractivity contribution < 1.29 is 4.52 Å². The van der Waals surface area contributed by atoms with Gasteiger partial charge in [0.1, 0.15) is 0 Å². The Bertz CT molecular complexity index is 1320. The molecule has 0 bridgehead atoms. The van der Waals surface area contributed by atoms with Crippen molar-refractivity contribution in [2.45, 2.75) is 64.2 Å². The summed E-state index contributed by atoms with van der Waals surface area (Å²) in [5.74, 6) is 1.51. The second kappa shape index (κ2) is 10.5. The number of thioether (sulfide) groups is 1. The molecule has 0 N–H and O–H groups in total. The van der Waals surface area contributed by atoms with Gasteiger partial charge in [-0.05, 0) is 52.3 Å². The molecule has 0 atom stereocenters. The van der Waals surface area contributed by atoms with Gasteiger partial charge in [-0.1, -0.05) is 53.3 Å². The van der Waals surface area contributed by atoms with Gasteiger partial charge in [0, 0.05) is 30.7 Å². The zero-order valence-corrected chi connectivity index (χ0v) is 21.2. The Morgan fingerprint density at radius 3 is 2.44 bits per heavy atom. The highest BCUT2D eigenvalue weighted by Gasteiger charge is 2.18. The van der Waals surface area contributed by atoms with Gasteiger partial charge in [-0.3, -0.25) is 14.3 Å². The molecular formula is C26H31N5O2S. The van der Waals surface area contributed by atoms with E-state index in [1.807, 2.05) is 55.5 Å². The molecule has 0 aliphatic rings. The molecule has 7 nitrogen and oxygen atoms in total. The zero-order chi connectivity index (χ0) is 24.2. The van der Waals surface area contributed by atoms with Crippen LogP contribution in [0.25, 0.3) is 22.3 Å². The van der Waals surface area contributed by atoms with Crippen LogP contribution in [0.1, 0.15) is 39.1 Å². The number of para-hydroxylation sites is 1. The van der Waals surface area contributed by atoms with Gasteiger partial charge in [-0.15, -0.1) is 0 Å². The Morgan fingerprint density at radius 1 is 1.00 bits per heavy atom. The minimum absolute atomic E-state index is 0.0216. The summed E-state index contributed by atoms with van der Waals surface area (Å²) in [7, 11) is 0. The van der Waals surface area contributed by atoms with E-state index in [9.17, 15) is 4.79 Å². The Hall–Kier alpha value is -2.97. The van der Waals surface area contributed by atoms with E-state index < -0.39 is 0 Å². The van der Waals surface area contributed by atoms with E-state index >= 15 is 0 Å². The van der Waals surface area contributed by atoms with Crippen LogP contribution in [0, 0.1) is 6.92 Å². The zero-order valence-electron chi connectivity index (χ0n) is 20.4. The highest BCUT2D eigenvalue weighted by atomic mass is 32.2. The van der Waals surface area contributed by atoms with Crippen molar-refractivity contribution >= 4 is 22.7 Å². The lowest BCUT2D eigenvalue weighted by Crippen LogP contribution is -2.40. The number of aryl methyl sites for hydroxylation is 1. The van der Waals surface area contributed by atoms with Gasteiger partial charge in [0.25, 0.3) is 5.56 Å². The molecule has 2 aromatic carbocycles. The first-order valence-electron chi connectivity index (χ1n) is 11.6. The van der Waals surface area contributed by atoms with Gasteiger partial charge in [0.2, 0.25) is 11.7 Å². The van der Waals surface area contributed by atoms with Crippen LogP contribution in [-0.4, -0.2) is 43.2 Å². The molecule has 178 valence electrons. The molecule has 0 spiro atoms. The van der Waals surface area contributed by atoms with Gasteiger partial charge in [-0.2, -0.15) is 4.98 Å². The van der Waals surface area contributed by atoms with Crippen LogP contribution in [-0.2, 0) is 12.3 Å². The van der Waals surface area contributed by atoms with Crippen molar-refractivity contribution in [3.63, 3.8) is 0 Å². The molecule has 8 heteroatoms. The molecule has 2 heterocycles. The normalized spacial score (nSPS) is 11.9. The number of aromatic nitrogens is 4. The van der Waals surface area contributed by atoms with Crippen LogP contribution in [0.4, 0.5) is 0 Å². The average Bonchev–Trinajstić information content (AvgIpc) is 3.28. The molecule has 0 radical (unpaired) electrons. The summed E-state index contributed by atoms with van der Waals surface area (Å²) in [5, 5.41) is 5.44. The Balaban J connectivity index is 1.61. The number of nitrogens with zero attached hydrogens (tertiary/aromatic N) is 5. The van der Waals surface area contributed by atoms with Gasteiger partial charge >= 0.3 is 0 Å². The van der Waals surface area contributed by atoms with Crippen LogP contribution < -0.4 is 5.56 Å². The Morgan fingerprint density at radius 2 is 1.71 bits per heavy atom. The topological polar surface area (TPSA) is 77.0 Å². The van der Waals surface area contributed by atoms with Gasteiger partial charge in [0.15, 0.2) is 5.16 Å². The monoisotopic (exact) mass is 477 g/mol. The van der Waals surface area contributed by atoms with Crippen molar-refractivity contribution in [1.82, 2.24) is 24.6 Å². The second-order valence-corrected chi connectivity index (χ2v) is 9.85. The number of rotatable bonds is 9. The molecule has 0 saturated heterocycles. The maximum absolute atomic E-state index is 13.4. The fraction of sp³-hybridized carbons (Fsp3) is 0.385. The Labute approximate surface area is 204 Å². The van der Waals surface area contributed by atoms with Crippen molar-refractivity contribution in [1.29, 1.82) is 0 Å². The fourth-order valence-electron chi connectivity index (χ4n) is 4.16. The van der Waals surface area contributed by atoms with Gasteiger partial charge < -0.3 is 4.52 Å². The molecule has 2 aromatic heterocycles. The maximum Gasteiger partial charge on any atom is 0.262 e. The number of benzene rings is 2. The van der Waals surface area contributed by atoms with Crippen LogP contribution in [0.2, 0.25) is 0 Å². The van der Waals surface area contributed by atoms with Crippen LogP contribution in [0.5, 0.6) is 0 Å². The summed E-state index contributed by atoms with van der Waals surface area (Å²) in [5.41, 5.74) is 2.71. The standard InChI is InChI=1S/C26H31N5O2S/c1-17(2)30(18(3)4)14-15-31-25(32)21-12-8-9-13-22(21)27-26(31)34-16-23-28-24(29-33-23)20-11-7-6-10-19(20)5/h6-13,17-18H,14-16H2,1-5H3. The summed E-state index contributed by atoms with van der Waals surface area (Å²) >= 11 is 1.45. The van der Waals surface area contributed by atoms with E-state index in [2.05, 4.69) is 42.7 Å². The summed E-state index contributed by atoms with van der Waals surface area (Å²) in [6.07, 6.45) is 0. The first-order chi connectivity index (χ1) is 16.3. The van der Waals surface area contributed by atoms with E-state index in [0.717, 1.165) is 17.7 Å². The SMILES string of the molecule is Cc1ccccc1-c1noc(CSc2nc3ccccc3c(=O)n2CCN(C(C)C)C(C)C)n1. The first-order valence-corrected chi connectivity index (χ1v) is 12.6. The van der Waals surface area contributed by atoms with Crippen LogP contribution in [0.15, 0.2) is 63.0 Å². The minimum atomic E-state index is -0.0216. The number of hydrogen-bond donors (Lipinski definition) is 0. The van der Waals surface area contributed by atoms with E-state index in [0.29, 0.717) is 52.2 Å². The molecule has 0 amide bonds. The third-order valence-corrected chi connectivity index (χ3v) is 6.87. The van der Waals surface area contributed by atoms with E-state index in [-0.39, 0.29) is 5.56 Å². The third kappa shape index (κ3) is 5.23. The molecule has 4 aromatic rings. The highest BCUT2D eigenvalue weighted by molar-refractivity contribution is 7.98. The molecule has 34 heavy (non-hydrogen) atoms. The fourth-order valence-corrected chi connectivity index (χ4v) is 5.02. The summed E-state index contributed by atoms with van der Waals surface area (Å²) in [6, 6.07) is 16.2. The highest BCUT2D eigenvalue weighted by Crippen LogP contribution is 2.25. The lowest BCUT2D eigenvalue weighted by molar-refractivity contribution is 0.166. The molecule has 0 fully saturated rings. The van der Waals surface area contributed by atoms with Crippen molar-refractivity contribution in [3.05, 3.63) is 70.3 Å². The first kappa shape index (κ1) is 24.2. The van der Waals surface area contributed by atoms with Crippen molar-refractivity contribution in [3.8, 4) is 11.4 Å². The maximum atomic E-state index is 13.4. The molecule has 0 aliphatic carbocycles. The van der Waals surface area contributed by atoms with Gasteiger partial charge in [-0.25, -0.2) is 4.98 Å². The minimum Gasteiger partial charge on any atom is -0.338 e. The third-order valence-electron chi connectivity index (χ3n) is 5.91. The van der Waals surface area contributed by atoms with Crippen molar-refractivity contribution in [2.24, 2.45) is 0 Å². The smallest absolute Gasteiger partial charge is 0.262 e. The molecule has 0 saturated carbocycles. The Kier molecular flexibility index (Phi) is 7.48. The lowest BCUT2D eigenvalue weighted by Gasteiger charge is -2.30. The van der Waals surface area contributed by atoms with E-state index in [1.165, 1.54) is 11.8 Å². The van der Waals surface area contributed by atoms with Crippen LogP contribution in [0.3, 0.4) is 0 Å². The van der Waals surface area contributed by atoms with Crippen molar-refractivity contribution in [2.75, 3.05) is 6.54 Å². The number of hydrogen-bond acceptors (Lipinski definition) is 7. The largest absolute Gasteiger partial charge is 0.338 e. The summed E-state index contributed by atoms with van der Waals surface area (Å²) < 4.78 is 7.29. The average molecular weight is 478 g/mol. The predicted octanol–water partition coefficient (Wildman–Crippen LogP) is 5.17. The molecule has 0 unspecified atom stereocenters. The van der Waals surface area contributed by atoms with E-state index in [1.54, 1.807) is 4.57 Å². The van der Waals surface area contributed by atoms with Gasteiger partial charge in [0.05, 0.1) is 16.7 Å². The molecule has 0 aliphatic heterocycles. The molecule has 4 rings (SSSR count). The van der Waals surface area contributed by atoms with E-state index in [4.69, 9.17) is 9.51 Å². The second-order valence-electron chi connectivity index (χ2n) is 8.91. The number of fused-ring (bicyclic) bond motifs is 1. The predicted molar refractivity (Wildman–Crippen MR) is 137 cm³/mol. The summed E-state index contributed by atoms with van der Waals surface area (Å²) in [6.45, 7) is 12.1. The van der Waals surface area contributed by atoms with Crippen LogP contribution >= 0.6 is 11.8 Å². The lowest BCUT2D eigenvalue weighted by atomic mass is 10.1.